The number of esters is 1. The van der Waals surface area contributed by atoms with Crippen LogP contribution in [0.15, 0.2) is 54.1 Å². The maximum atomic E-state index is 12.9. The van der Waals surface area contributed by atoms with Crippen LogP contribution in [-0.2, 0) is 9.53 Å². The number of ether oxygens (including phenoxy) is 2. The molecule has 0 amide bonds. The molecule has 1 N–H and O–H groups in total. The summed E-state index contributed by atoms with van der Waals surface area (Å²) in [5, 5.41) is 0.831. The van der Waals surface area contributed by atoms with Crippen LogP contribution < -0.4 is 4.74 Å². The number of hydrogen-bond donors (Lipinski definition) is 1. The van der Waals surface area contributed by atoms with Crippen LogP contribution in [0.2, 0.25) is 0 Å². The van der Waals surface area contributed by atoms with Gasteiger partial charge in [-0.15, -0.1) is 0 Å². The molecule has 1 aromatic heterocycles. The summed E-state index contributed by atoms with van der Waals surface area (Å²) in [5.41, 5.74) is 3.42. The van der Waals surface area contributed by atoms with Crippen LogP contribution >= 0.6 is 0 Å². The zero-order valence-corrected chi connectivity index (χ0v) is 15.1. The number of benzene rings is 2. The number of hydrogen-bond acceptors (Lipinski definition) is 4. The molecular formula is C22H19NO4. The number of nitrogens with one attached hydrogen (secondary N) is 1. The summed E-state index contributed by atoms with van der Waals surface area (Å²) in [5.74, 6) is -0.0357. The smallest absolute Gasteiger partial charge is 0.338 e. The van der Waals surface area contributed by atoms with Gasteiger partial charge in [-0.05, 0) is 32.1 Å². The molecule has 0 saturated heterocycles. The maximum absolute atomic E-state index is 12.9. The number of ketones is 1. The summed E-state index contributed by atoms with van der Waals surface area (Å²) in [6, 6.07) is 15.0. The molecule has 5 heteroatoms. The highest BCUT2D eigenvalue weighted by molar-refractivity contribution is 6.12. The number of rotatable bonds is 4. The van der Waals surface area contributed by atoms with Crippen LogP contribution in [0.4, 0.5) is 0 Å². The highest BCUT2D eigenvalue weighted by atomic mass is 16.5. The lowest BCUT2D eigenvalue weighted by Gasteiger charge is -2.19. The number of H-pyrrole nitrogens is 1. The highest BCUT2D eigenvalue weighted by Gasteiger charge is 2.26. The molecule has 136 valence electrons. The Balaban J connectivity index is 1.54. The van der Waals surface area contributed by atoms with Gasteiger partial charge in [-0.2, -0.15) is 0 Å². The van der Waals surface area contributed by atoms with E-state index in [2.05, 4.69) is 4.98 Å². The molecule has 5 nitrogen and oxygen atoms in total. The monoisotopic (exact) mass is 361 g/mol. The average Bonchev–Trinajstić information content (AvgIpc) is 3.02. The van der Waals surface area contributed by atoms with E-state index in [9.17, 15) is 9.59 Å². The lowest BCUT2D eigenvalue weighted by molar-refractivity contribution is -0.141. The van der Waals surface area contributed by atoms with Crippen molar-refractivity contribution in [2.24, 2.45) is 0 Å². The molecule has 0 fully saturated rings. The van der Waals surface area contributed by atoms with Gasteiger partial charge in [0.15, 0.2) is 6.10 Å². The van der Waals surface area contributed by atoms with Gasteiger partial charge in [0, 0.05) is 27.7 Å². The summed E-state index contributed by atoms with van der Waals surface area (Å²) in [7, 11) is 0. The first-order chi connectivity index (χ1) is 13.0. The lowest BCUT2D eigenvalue weighted by atomic mass is 10.0. The second-order valence-electron chi connectivity index (χ2n) is 6.58. The number of carbonyl (C=O) groups excluding carboxylic acids is 2. The zero-order valence-electron chi connectivity index (χ0n) is 15.1. The Labute approximate surface area is 156 Å². The third kappa shape index (κ3) is 3.12. The largest absolute Gasteiger partial charge is 0.488 e. The van der Waals surface area contributed by atoms with Crippen molar-refractivity contribution in [3.8, 4) is 5.75 Å². The van der Waals surface area contributed by atoms with Gasteiger partial charge >= 0.3 is 5.97 Å². The molecule has 0 aliphatic carbocycles. The average molecular weight is 361 g/mol. The van der Waals surface area contributed by atoms with Crippen molar-refractivity contribution >= 4 is 28.7 Å². The minimum absolute atomic E-state index is 0.128. The Kier molecular flexibility index (Phi) is 4.28. The van der Waals surface area contributed by atoms with Gasteiger partial charge in [0.1, 0.15) is 12.4 Å². The second-order valence-corrected chi connectivity index (χ2v) is 6.58. The summed E-state index contributed by atoms with van der Waals surface area (Å²) in [6.07, 6.45) is 0.850. The number of aromatic amines is 1. The Hall–Kier alpha value is -3.34. The Morgan fingerprint density at radius 3 is 2.70 bits per heavy atom. The van der Waals surface area contributed by atoms with Gasteiger partial charge in [-0.25, -0.2) is 4.79 Å². The number of aromatic nitrogens is 1. The van der Waals surface area contributed by atoms with Crippen LogP contribution in [0.3, 0.4) is 0 Å². The minimum atomic E-state index is -0.895. The van der Waals surface area contributed by atoms with E-state index in [1.54, 1.807) is 13.0 Å². The number of Topliss-reactive ketones (excluding diaryl/α,β-unsaturated/α-hetero) is 1. The molecule has 0 spiro atoms. The Morgan fingerprint density at radius 1 is 1.11 bits per heavy atom. The summed E-state index contributed by atoms with van der Waals surface area (Å²) >= 11 is 0. The number of fused-ring (bicyclic) bond motifs is 2. The van der Waals surface area contributed by atoms with Crippen molar-refractivity contribution in [3.05, 3.63) is 70.9 Å². The molecule has 2 aromatic carbocycles. The van der Waals surface area contributed by atoms with Gasteiger partial charge in [-0.3, -0.25) is 4.79 Å². The van der Waals surface area contributed by atoms with Gasteiger partial charge in [0.25, 0.3) is 0 Å². The first-order valence-corrected chi connectivity index (χ1v) is 8.79. The quantitative estimate of drug-likeness (QED) is 0.562. The molecule has 1 aliphatic heterocycles. The van der Waals surface area contributed by atoms with Crippen molar-refractivity contribution in [1.82, 2.24) is 4.98 Å². The predicted molar refractivity (Wildman–Crippen MR) is 103 cm³/mol. The van der Waals surface area contributed by atoms with E-state index >= 15 is 0 Å². The number of para-hydroxylation sites is 2. The fourth-order valence-electron chi connectivity index (χ4n) is 3.32. The van der Waals surface area contributed by atoms with E-state index < -0.39 is 12.1 Å². The maximum Gasteiger partial charge on any atom is 0.338 e. The Morgan fingerprint density at radius 2 is 1.85 bits per heavy atom. The topological polar surface area (TPSA) is 68.4 Å². The Bertz CT molecular complexity index is 1080. The van der Waals surface area contributed by atoms with E-state index in [1.165, 1.54) is 0 Å². The van der Waals surface area contributed by atoms with Gasteiger partial charge in [-0.1, -0.05) is 36.4 Å². The predicted octanol–water partition coefficient (Wildman–Crippen LogP) is 4.07. The van der Waals surface area contributed by atoms with Gasteiger partial charge in [0.2, 0.25) is 5.78 Å². The molecule has 4 rings (SSSR count). The number of carbonyl (C=O) groups is 2. The van der Waals surface area contributed by atoms with E-state index in [0.717, 1.165) is 27.9 Å². The highest BCUT2D eigenvalue weighted by Crippen LogP contribution is 2.27. The standard InChI is InChI=1S/C22H19NO4/c1-13-20(17-8-4-5-9-18(17)23-13)21(24)14(2)27-22(25)16-11-15-7-3-6-10-19(15)26-12-16/h3-11,14,23H,12H2,1-2H3/t14-/m1/s1. The molecule has 0 unspecified atom stereocenters. The fraction of sp³-hybridized carbons (Fsp3) is 0.182. The summed E-state index contributed by atoms with van der Waals surface area (Å²) in [6.45, 7) is 3.57. The summed E-state index contributed by atoms with van der Waals surface area (Å²) < 4.78 is 11.0. The molecular weight excluding hydrogens is 342 g/mol. The van der Waals surface area contributed by atoms with Crippen molar-refractivity contribution in [3.63, 3.8) is 0 Å². The molecule has 27 heavy (non-hydrogen) atoms. The first kappa shape index (κ1) is 17.1. The van der Waals surface area contributed by atoms with Gasteiger partial charge < -0.3 is 14.5 Å². The molecule has 0 bridgehead atoms. The van der Waals surface area contributed by atoms with E-state index in [4.69, 9.17) is 9.47 Å². The third-order valence-corrected chi connectivity index (χ3v) is 4.69. The second kappa shape index (κ2) is 6.76. The minimum Gasteiger partial charge on any atom is -0.488 e. The molecule has 1 atom stereocenters. The van der Waals surface area contributed by atoms with E-state index in [-0.39, 0.29) is 12.4 Å². The van der Waals surface area contributed by atoms with E-state index in [0.29, 0.717) is 11.1 Å². The van der Waals surface area contributed by atoms with Crippen LogP contribution in [0.25, 0.3) is 17.0 Å². The lowest BCUT2D eigenvalue weighted by Crippen LogP contribution is -2.27. The summed E-state index contributed by atoms with van der Waals surface area (Å²) in [4.78, 5) is 28.6. The van der Waals surface area contributed by atoms with Crippen LogP contribution in [0.1, 0.15) is 28.5 Å². The molecule has 0 radical (unpaired) electrons. The molecule has 3 aromatic rings. The first-order valence-electron chi connectivity index (χ1n) is 8.79. The van der Waals surface area contributed by atoms with Crippen molar-refractivity contribution in [1.29, 1.82) is 0 Å². The van der Waals surface area contributed by atoms with E-state index in [1.807, 2.05) is 55.5 Å². The molecule has 2 heterocycles. The van der Waals surface area contributed by atoms with Gasteiger partial charge in [0.05, 0.1) is 5.57 Å². The zero-order chi connectivity index (χ0) is 19.0. The third-order valence-electron chi connectivity index (χ3n) is 4.69. The van der Waals surface area contributed by atoms with Crippen molar-refractivity contribution in [2.45, 2.75) is 20.0 Å². The van der Waals surface area contributed by atoms with Crippen LogP contribution in [0, 0.1) is 6.92 Å². The van der Waals surface area contributed by atoms with Crippen molar-refractivity contribution in [2.75, 3.05) is 6.61 Å². The van der Waals surface area contributed by atoms with Crippen molar-refractivity contribution < 1.29 is 19.1 Å². The number of aryl methyl sites for hydroxylation is 1. The SMILES string of the molecule is Cc1[nH]c2ccccc2c1C(=O)[C@@H](C)OC(=O)C1=Cc2ccccc2OC1. The molecule has 0 saturated carbocycles. The molecule has 1 aliphatic rings. The van der Waals surface area contributed by atoms with Crippen LogP contribution in [0.5, 0.6) is 5.75 Å². The fourth-order valence-corrected chi connectivity index (χ4v) is 3.32. The normalized spacial score (nSPS) is 14.1. The van der Waals surface area contributed by atoms with Crippen LogP contribution in [-0.4, -0.2) is 29.4 Å².